The summed E-state index contributed by atoms with van der Waals surface area (Å²) in [6, 6.07) is 29.1. The van der Waals surface area contributed by atoms with Crippen molar-refractivity contribution in [1.29, 1.82) is 0 Å². The molecule has 18 heteroatoms. The van der Waals surface area contributed by atoms with Crippen LogP contribution < -0.4 is 24.7 Å². The summed E-state index contributed by atoms with van der Waals surface area (Å²) in [7, 11) is 2.80. The molecule has 70 heavy (non-hydrogen) atoms. The van der Waals surface area contributed by atoms with Crippen molar-refractivity contribution in [3.8, 4) is 45.5 Å². The molecule has 4 N–H and O–H groups in total. The van der Waals surface area contributed by atoms with Gasteiger partial charge in [-0.1, -0.05) is 36.4 Å². The number of carboxylic acid groups (broad SMARTS) is 1. The number of amides is 1. The smallest absolute Gasteiger partial charge is 0.341 e. The number of primary amides is 1. The fraction of sp³-hybridized carbons (Fsp3) is 0.173. The summed E-state index contributed by atoms with van der Waals surface area (Å²) >= 11 is 2.58. The number of aliphatic hydroxyl groups is 1. The number of aliphatic carboxylic acids is 1. The number of methoxy groups -OCH3 is 2. The Hall–Kier alpha value is -7.93. The van der Waals surface area contributed by atoms with Gasteiger partial charge in [-0.25, -0.2) is 18.6 Å². The molecule has 4 heterocycles. The van der Waals surface area contributed by atoms with Gasteiger partial charge in [0.1, 0.15) is 17.3 Å². The molecule has 0 radical (unpaired) electrons. The number of thiophene rings is 2. The number of fused-ring (bicyclic) bond motifs is 2. The summed E-state index contributed by atoms with van der Waals surface area (Å²) < 4.78 is 50.0. The SMILES string of the molecule is COc1cc(C(=O)CCC(=O)c2cccc(-c3csc4c(F)cccc34)n2)ccc1OCC(N)=O.COc1cc(C(=O)CCC(O)c2cccc(-c3csc4c(F)cccc34)n2)ccc1OCC(=O)O. The Morgan fingerprint density at radius 3 is 1.66 bits per heavy atom. The van der Waals surface area contributed by atoms with Crippen molar-refractivity contribution in [2.75, 3.05) is 27.4 Å². The molecule has 358 valence electrons. The number of hydrogen-bond acceptors (Lipinski definition) is 14. The fourth-order valence-electron chi connectivity index (χ4n) is 7.24. The van der Waals surface area contributed by atoms with Crippen molar-refractivity contribution in [3.05, 3.63) is 154 Å². The second-order valence-electron chi connectivity index (χ2n) is 15.4. The normalized spacial score (nSPS) is 11.3. The molecule has 14 nitrogen and oxygen atoms in total. The zero-order valence-electron chi connectivity index (χ0n) is 37.5. The maximum Gasteiger partial charge on any atom is 0.341 e. The van der Waals surface area contributed by atoms with Gasteiger partial charge in [0, 0.05) is 63.0 Å². The predicted octanol–water partition coefficient (Wildman–Crippen LogP) is 10.1. The number of pyridine rings is 2. The van der Waals surface area contributed by atoms with Crippen molar-refractivity contribution in [3.63, 3.8) is 0 Å². The van der Waals surface area contributed by atoms with Gasteiger partial charge in [-0.3, -0.25) is 24.2 Å². The number of ketones is 3. The lowest BCUT2D eigenvalue weighted by atomic mass is 10.0. The Kier molecular flexibility index (Phi) is 16.4. The molecule has 0 saturated carbocycles. The maximum atomic E-state index is 14.1. The van der Waals surface area contributed by atoms with Gasteiger partial charge in [-0.15, -0.1) is 22.7 Å². The summed E-state index contributed by atoms with van der Waals surface area (Å²) in [5.41, 5.74) is 9.15. The molecule has 1 unspecified atom stereocenters. The quantitative estimate of drug-likeness (QED) is 0.0607. The Morgan fingerprint density at radius 2 is 1.11 bits per heavy atom. The topological polar surface area (TPSA) is 215 Å². The van der Waals surface area contributed by atoms with E-state index in [-0.39, 0.29) is 90.0 Å². The van der Waals surface area contributed by atoms with Gasteiger partial charge < -0.3 is 34.9 Å². The van der Waals surface area contributed by atoms with E-state index in [2.05, 4.69) is 9.97 Å². The molecule has 0 aliphatic rings. The molecule has 1 atom stereocenters. The van der Waals surface area contributed by atoms with E-state index in [1.54, 1.807) is 48.5 Å². The van der Waals surface area contributed by atoms with E-state index in [1.165, 1.54) is 85.4 Å². The highest BCUT2D eigenvalue weighted by Gasteiger charge is 2.20. The summed E-state index contributed by atoms with van der Waals surface area (Å²) in [5, 5.41) is 24.6. The Balaban J connectivity index is 0.000000206. The Labute approximate surface area is 406 Å². The number of nitrogens with zero attached hydrogens (tertiary/aromatic N) is 2. The van der Waals surface area contributed by atoms with Crippen LogP contribution in [0.1, 0.15) is 68.7 Å². The lowest BCUT2D eigenvalue weighted by Crippen LogP contribution is -2.20. The minimum absolute atomic E-state index is 0.0258. The molecule has 8 rings (SSSR count). The van der Waals surface area contributed by atoms with Gasteiger partial charge in [-0.2, -0.15) is 0 Å². The number of rotatable bonds is 20. The lowest BCUT2D eigenvalue weighted by molar-refractivity contribution is -0.139. The highest BCUT2D eigenvalue weighted by molar-refractivity contribution is 7.18. The van der Waals surface area contributed by atoms with Crippen molar-refractivity contribution in [1.82, 2.24) is 9.97 Å². The van der Waals surface area contributed by atoms with Crippen LogP contribution in [0.3, 0.4) is 0 Å². The number of Topliss-reactive ketones (excluding diaryl/α,β-unsaturated/α-hetero) is 3. The summed E-state index contributed by atoms with van der Waals surface area (Å²) in [4.78, 5) is 68.8. The summed E-state index contributed by atoms with van der Waals surface area (Å²) in [5.74, 6) is -2.09. The second-order valence-corrected chi connectivity index (χ2v) is 17.1. The number of carbonyl (C=O) groups is 5. The average molecular weight is 988 g/mol. The van der Waals surface area contributed by atoms with E-state index in [4.69, 9.17) is 29.8 Å². The van der Waals surface area contributed by atoms with Crippen LogP contribution in [-0.4, -0.2) is 76.8 Å². The van der Waals surface area contributed by atoms with Crippen LogP contribution in [-0.2, 0) is 9.59 Å². The van der Waals surface area contributed by atoms with Gasteiger partial charge in [-0.05, 0) is 79.2 Å². The number of nitrogens with two attached hydrogens (primary N) is 1. The minimum atomic E-state index is -1.13. The van der Waals surface area contributed by atoms with E-state index < -0.39 is 24.6 Å². The van der Waals surface area contributed by atoms with Crippen LogP contribution in [0.25, 0.3) is 42.7 Å². The third kappa shape index (κ3) is 12.0. The van der Waals surface area contributed by atoms with Crippen molar-refractivity contribution < 1.29 is 61.9 Å². The third-order valence-corrected chi connectivity index (χ3v) is 12.7. The second kappa shape index (κ2) is 22.9. The van der Waals surface area contributed by atoms with Crippen LogP contribution >= 0.6 is 22.7 Å². The van der Waals surface area contributed by atoms with Crippen LogP contribution in [0.2, 0.25) is 0 Å². The first kappa shape index (κ1) is 50.0. The number of benzene rings is 4. The van der Waals surface area contributed by atoms with Crippen molar-refractivity contribution in [2.24, 2.45) is 5.73 Å². The maximum absolute atomic E-state index is 14.1. The number of aromatic nitrogens is 2. The standard InChI is InChI=1S/C26H21FN2O5S.C26H22FNO6S/c1-33-24-12-15(8-11-23(24)34-13-25(28)32)21(30)9-10-22(31)20-7-3-6-19(29-20)17-14-35-26-16(17)4-2-5-18(26)27;1-33-24-12-15(8-11-23(24)34-13-25(31)32)21(29)9-10-22(30)20-7-3-6-19(28-20)17-14-35-26-16(17)4-2-5-18(26)27/h2-8,11-12,14H,9-10,13H2,1H3,(H2,28,32);2-8,11-12,14,22,30H,9-10,13H2,1H3,(H,31,32). The van der Waals surface area contributed by atoms with Crippen LogP contribution in [0.4, 0.5) is 8.78 Å². The van der Waals surface area contributed by atoms with E-state index in [9.17, 15) is 37.9 Å². The Morgan fingerprint density at radius 1 is 0.614 bits per heavy atom. The zero-order valence-corrected chi connectivity index (χ0v) is 39.1. The predicted molar refractivity (Wildman–Crippen MR) is 260 cm³/mol. The first-order valence-corrected chi connectivity index (χ1v) is 23.2. The molecule has 8 aromatic rings. The molecule has 0 fully saturated rings. The molecule has 0 saturated heterocycles. The molecule has 4 aromatic heterocycles. The van der Waals surface area contributed by atoms with Crippen LogP contribution in [0, 0.1) is 11.6 Å². The van der Waals surface area contributed by atoms with Gasteiger partial charge in [0.05, 0.1) is 46.8 Å². The average Bonchev–Trinajstić information content (AvgIpc) is 4.02. The lowest BCUT2D eigenvalue weighted by Gasteiger charge is -2.12. The molecule has 1 amide bonds. The van der Waals surface area contributed by atoms with E-state index in [1.807, 2.05) is 22.9 Å². The number of carboxylic acids is 1. The molecule has 0 spiro atoms. The van der Waals surface area contributed by atoms with Gasteiger partial charge >= 0.3 is 5.97 Å². The fourth-order valence-corrected chi connectivity index (χ4v) is 9.17. The number of carbonyl (C=O) groups excluding carboxylic acids is 4. The minimum Gasteiger partial charge on any atom is -0.493 e. The number of halogens is 2. The largest absolute Gasteiger partial charge is 0.493 e. The zero-order chi connectivity index (χ0) is 49.9. The highest BCUT2D eigenvalue weighted by Crippen LogP contribution is 2.37. The van der Waals surface area contributed by atoms with E-state index >= 15 is 0 Å². The van der Waals surface area contributed by atoms with E-state index in [0.717, 1.165) is 21.9 Å². The summed E-state index contributed by atoms with van der Waals surface area (Å²) in [6.07, 6.45) is -0.828. The molecular weight excluding hydrogens is 945 g/mol. The van der Waals surface area contributed by atoms with Gasteiger partial charge in [0.15, 0.2) is 53.6 Å². The summed E-state index contributed by atoms with van der Waals surface area (Å²) in [6.45, 7) is -0.849. The number of aliphatic hydroxyl groups excluding tert-OH is 1. The van der Waals surface area contributed by atoms with Crippen LogP contribution in [0.5, 0.6) is 23.0 Å². The first-order chi connectivity index (χ1) is 33.7. The van der Waals surface area contributed by atoms with Gasteiger partial charge in [0.2, 0.25) is 0 Å². The van der Waals surface area contributed by atoms with Crippen molar-refractivity contribution >= 4 is 72.1 Å². The molecule has 0 aliphatic heterocycles. The first-order valence-electron chi connectivity index (χ1n) is 21.4. The third-order valence-electron chi connectivity index (χ3n) is 10.7. The van der Waals surface area contributed by atoms with Crippen LogP contribution in [0.15, 0.2) is 120 Å². The molecular formula is C52H43F2N3O11S2. The van der Waals surface area contributed by atoms with Gasteiger partial charge in [0.25, 0.3) is 5.91 Å². The van der Waals surface area contributed by atoms with Crippen molar-refractivity contribution in [2.45, 2.75) is 31.8 Å². The van der Waals surface area contributed by atoms with E-state index in [0.29, 0.717) is 37.6 Å². The highest BCUT2D eigenvalue weighted by atomic mass is 32.1. The molecule has 4 aromatic carbocycles. The molecule has 0 aliphatic carbocycles. The monoisotopic (exact) mass is 987 g/mol. The Bertz CT molecular complexity index is 3250. The number of ether oxygens (including phenoxy) is 4. The number of hydrogen-bond donors (Lipinski definition) is 3. The molecule has 0 bridgehead atoms.